The Labute approximate surface area is 94.6 Å². The maximum absolute atomic E-state index is 12.6. The van der Waals surface area contributed by atoms with Crippen LogP contribution in [0.5, 0.6) is 5.75 Å². The van der Waals surface area contributed by atoms with Gasteiger partial charge in [-0.3, -0.25) is 0 Å². The lowest BCUT2D eigenvalue weighted by Gasteiger charge is -2.13. The fraction of sp³-hybridized carbons (Fsp3) is 0.250. The minimum atomic E-state index is -5.14. The molecular weight excluding hydrogens is 277 g/mol. The zero-order valence-electron chi connectivity index (χ0n) is 7.69. The van der Waals surface area contributed by atoms with E-state index in [2.05, 4.69) is 4.74 Å². The molecule has 0 aliphatic rings. The van der Waals surface area contributed by atoms with Gasteiger partial charge in [0.05, 0.1) is 4.90 Å². The molecule has 0 aromatic heterocycles. The van der Waals surface area contributed by atoms with Crippen LogP contribution < -0.4 is 4.74 Å². The highest BCUT2D eigenvalue weighted by Gasteiger charge is 2.35. The van der Waals surface area contributed by atoms with Gasteiger partial charge in [-0.1, -0.05) is 0 Å². The van der Waals surface area contributed by atoms with Crippen molar-refractivity contribution in [3.8, 4) is 5.75 Å². The Morgan fingerprint density at radius 3 is 2.06 bits per heavy atom. The van der Waals surface area contributed by atoms with Crippen LogP contribution in [0.3, 0.4) is 0 Å². The van der Waals surface area contributed by atoms with Crippen LogP contribution >= 0.6 is 11.8 Å². The lowest BCUT2D eigenvalue weighted by atomic mass is 10.3. The lowest BCUT2D eigenvalue weighted by Crippen LogP contribution is -2.18. The van der Waals surface area contributed by atoms with Crippen molar-refractivity contribution in [2.45, 2.75) is 16.8 Å². The molecule has 0 aliphatic carbocycles. The summed E-state index contributed by atoms with van der Waals surface area (Å²) in [5.74, 6) is -2.19. The molecule has 1 nitrogen and oxygen atoms in total. The Morgan fingerprint density at radius 2 is 1.59 bits per heavy atom. The summed E-state index contributed by atoms with van der Waals surface area (Å²) < 4.78 is 87.5. The molecule has 0 aliphatic heterocycles. The first-order valence-corrected chi connectivity index (χ1v) is 4.69. The summed E-state index contributed by atoms with van der Waals surface area (Å²) in [5.41, 5.74) is -4.84. The van der Waals surface area contributed by atoms with Crippen molar-refractivity contribution in [2.24, 2.45) is 0 Å². The Kier molecular flexibility index (Phi) is 3.80. The van der Waals surface area contributed by atoms with E-state index in [1.54, 1.807) is 0 Å². The molecule has 1 aromatic carbocycles. The quantitative estimate of drug-likeness (QED) is 0.589. The largest absolute Gasteiger partial charge is 0.573 e. The van der Waals surface area contributed by atoms with Crippen LogP contribution in [0.4, 0.5) is 30.7 Å². The van der Waals surface area contributed by atoms with Gasteiger partial charge >= 0.3 is 11.9 Å². The second-order valence-electron chi connectivity index (χ2n) is 2.69. The first-order valence-electron chi connectivity index (χ1n) is 3.88. The van der Waals surface area contributed by atoms with Crippen LogP contribution in [-0.2, 0) is 0 Å². The van der Waals surface area contributed by atoms with Crippen LogP contribution in [0.25, 0.3) is 0 Å². The molecule has 0 fully saturated rings. The SMILES string of the molecule is Fc1ccc(OC(F)(F)F)c(SC(F)(F)F)c1. The minimum absolute atomic E-state index is 0.319. The molecule has 17 heavy (non-hydrogen) atoms. The number of hydrogen-bond donors (Lipinski definition) is 0. The smallest absolute Gasteiger partial charge is 0.405 e. The first kappa shape index (κ1) is 13.9. The van der Waals surface area contributed by atoms with Crippen molar-refractivity contribution in [3.05, 3.63) is 24.0 Å². The molecule has 9 heteroatoms. The average Bonchev–Trinajstić information content (AvgIpc) is 2.05. The van der Waals surface area contributed by atoms with E-state index in [-0.39, 0.29) is 0 Å². The van der Waals surface area contributed by atoms with Crippen molar-refractivity contribution in [1.29, 1.82) is 0 Å². The monoisotopic (exact) mass is 280 g/mol. The second kappa shape index (κ2) is 4.63. The Bertz CT molecular complexity index is 398. The third kappa shape index (κ3) is 5.16. The van der Waals surface area contributed by atoms with Crippen molar-refractivity contribution in [2.75, 3.05) is 0 Å². The summed E-state index contributed by atoms with van der Waals surface area (Å²) >= 11 is -0.883. The van der Waals surface area contributed by atoms with Crippen molar-refractivity contribution in [1.82, 2.24) is 0 Å². The third-order valence-electron chi connectivity index (χ3n) is 1.36. The number of rotatable bonds is 2. The third-order valence-corrected chi connectivity index (χ3v) is 2.13. The van der Waals surface area contributed by atoms with E-state index >= 15 is 0 Å². The van der Waals surface area contributed by atoms with Crippen LogP contribution in [0.2, 0.25) is 0 Å². The molecule has 0 unspecified atom stereocenters. The van der Waals surface area contributed by atoms with Crippen molar-refractivity contribution in [3.63, 3.8) is 0 Å². The first-order chi connectivity index (χ1) is 7.57. The van der Waals surface area contributed by atoms with Gasteiger partial charge in [0, 0.05) is 0 Å². The normalized spacial score (nSPS) is 12.6. The summed E-state index contributed by atoms with van der Waals surface area (Å²) in [5, 5.41) is 0. The molecule has 0 saturated heterocycles. The molecule has 0 bridgehead atoms. The topological polar surface area (TPSA) is 9.23 Å². The summed E-state index contributed by atoms with van der Waals surface area (Å²) in [6, 6.07) is 1.37. The van der Waals surface area contributed by atoms with Gasteiger partial charge in [-0.15, -0.1) is 13.2 Å². The van der Waals surface area contributed by atoms with Gasteiger partial charge in [0.1, 0.15) is 11.6 Å². The summed E-state index contributed by atoms with van der Waals surface area (Å²) in [4.78, 5) is -0.991. The molecule has 96 valence electrons. The van der Waals surface area contributed by atoms with E-state index in [1.807, 2.05) is 0 Å². The standard InChI is InChI=1S/C8H3F7OS/c9-4-1-2-5(16-7(10,11)12)6(3-4)17-8(13,14)15/h1-3H. The van der Waals surface area contributed by atoms with Crippen LogP contribution in [0.1, 0.15) is 0 Å². The van der Waals surface area contributed by atoms with E-state index < -0.39 is 40.1 Å². The maximum atomic E-state index is 12.6. The van der Waals surface area contributed by atoms with Gasteiger partial charge in [-0.05, 0) is 30.0 Å². The van der Waals surface area contributed by atoms with Crippen LogP contribution in [-0.4, -0.2) is 11.9 Å². The van der Waals surface area contributed by atoms with E-state index in [1.165, 1.54) is 0 Å². The fourth-order valence-corrected chi connectivity index (χ4v) is 1.53. The molecule has 0 amide bonds. The van der Waals surface area contributed by atoms with Gasteiger partial charge in [0.2, 0.25) is 0 Å². The highest BCUT2D eigenvalue weighted by Crippen LogP contribution is 2.42. The molecule has 0 N–H and O–H groups in total. The highest BCUT2D eigenvalue weighted by atomic mass is 32.2. The zero-order valence-corrected chi connectivity index (χ0v) is 8.51. The second-order valence-corrected chi connectivity index (χ2v) is 3.79. The van der Waals surface area contributed by atoms with Crippen LogP contribution in [0.15, 0.2) is 23.1 Å². The van der Waals surface area contributed by atoms with Gasteiger partial charge in [-0.2, -0.15) is 13.2 Å². The van der Waals surface area contributed by atoms with E-state index in [9.17, 15) is 30.7 Å². The van der Waals surface area contributed by atoms with Gasteiger partial charge < -0.3 is 4.74 Å². The lowest BCUT2D eigenvalue weighted by molar-refractivity contribution is -0.275. The zero-order chi connectivity index (χ0) is 13.3. The summed E-state index contributed by atoms with van der Waals surface area (Å²) in [6.45, 7) is 0. The summed E-state index contributed by atoms with van der Waals surface area (Å²) in [7, 11) is 0. The fourth-order valence-electron chi connectivity index (χ4n) is 0.895. The Hall–Kier alpha value is -1.12. The van der Waals surface area contributed by atoms with E-state index in [0.29, 0.717) is 18.2 Å². The molecule has 0 radical (unpaired) electrons. The number of alkyl halides is 6. The predicted molar refractivity (Wildman–Crippen MR) is 45.0 cm³/mol. The molecule has 0 heterocycles. The van der Waals surface area contributed by atoms with Crippen LogP contribution in [0, 0.1) is 5.82 Å². The molecule has 0 atom stereocenters. The predicted octanol–water partition coefficient (Wildman–Crippen LogP) is 4.34. The Morgan fingerprint density at radius 1 is 1.00 bits per heavy atom. The number of hydrogen-bond acceptors (Lipinski definition) is 2. The van der Waals surface area contributed by atoms with Gasteiger partial charge in [0.25, 0.3) is 0 Å². The molecule has 1 rings (SSSR count). The van der Waals surface area contributed by atoms with Crippen molar-refractivity contribution >= 4 is 11.8 Å². The number of halogens is 7. The van der Waals surface area contributed by atoms with Gasteiger partial charge in [0.15, 0.2) is 0 Å². The molecule has 0 saturated carbocycles. The maximum Gasteiger partial charge on any atom is 0.573 e. The number of benzene rings is 1. The Balaban J connectivity index is 3.04. The summed E-state index contributed by atoms with van der Waals surface area (Å²) in [6.07, 6.45) is -5.14. The molecule has 1 aromatic rings. The van der Waals surface area contributed by atoms with Crippen molar-refractivity contribution < 1.29 is 35.5 Å². The minimum Gasteiger partial charge on any atom is -0.405 e. The van der Waals surface area contributed by atoms with Gasteiger partial charge in [-0.25, -0.2) is 4.39 Å². The molecule has 0 spiro atoms. The number of ether oxygens (including phenoxy) is 1. The highest BCUT2D eigenvalue weighted by molar-refractivity contribution is 8.00. The van der Waals surface area contributed by atoms with E-state index in [4.69, 9.17) is 0 Å². The molecular formula is C8H3F7OS. The van der Waals surface area contributed by atoms with E-state index in [0.717, 1.165) is 0 Å². The average molecular weight is 280 g/mol. The number of thioether (sulfide) groups is 1.